The van der Waals surface area contributed by atoms with E-state index >= 15 is 0 Å². The second-order valence-electron chi connectivity index (χ2n) is 10.6. The number of carbonyl (C=O) groups excluding carboxylic acids is 4. The molecule has 3 atom stereocenters. The van der Waals surface area contributed by atoms with Crippen LogP contribution in [0.3, 0.4) is 0 Å². The third kappa shape index (κ3) is 5.98. The van der Waals surface area contributed by atoms with Crippen molar-refractivity contribution < 1.29 is 28.8 Å². The largest absolute Gasteiger partial charge is 0.444 e. The van der Waals surface area contributed by atoms with Crippen molar-refractivity contribution in [3.8, 4) is 0 Å². The first-order valence-corrected chi connectivity index (χ1v) is 12.7. The summed E-state index contributed by atoms with van der Waals surface area (Å²) in [5.41, 5.74) is 0.300. The van der Waals surface area contributed by atoms with Gasteiger partial charge in [-0.2, -0.15) is 5.06 Å². The molecule has 0 radical (unpaired) electrons. The fourth-order valence-corrected chi connectivity index (χ4v) is 5.00. The molecule has 0 aromatic heterocycles. The molecule has 3 fully saturated rings. The normalized spacial score (nSPS) is 24.0. The van der Waals surface area contributed by atoms with Crippen molar-refractivity contribution in [3.05, 3.63) is 35.9 Å². The average Bonchev–Trinajstić information content (AvgIpc) is 3.09. The molecule has 1 aromatic carbocycles. The first kappa shape index (κ1) is 25.9. The molecule has 0 aliphatic carbocycles. The van der Waals surface area contributed by atoms with Gasteiger partial charge in [0.25, 0.3) is 0 Å². The van der Waals surface area contributed by atoms with Crippen LogP contribution in [0.15, 0.2) is 30.3 Å². The number of Topliss-reactive ketones (excluding diaryl/α,β-unsaturated/α-hetero) is 1. The van der Waals surface area contributed by atoms with Crippen molar-refractivity contribution in [3.63, 3.8) is 0 Å². The molecule has 2 unspecified atom stereocenters. The number of fused-ring (bicyclic) bond motifs is 2. The van der Waals surface area contributed by atoms with Crippen LogP contribution in [0.1, 0.15) is 58.4 Å². The minimum atomic E-state index is -0.657. The highest BCUT2D eigenvalue weighted by molar-refractivity contribution is 5.94. The molecule has 10 heteroatoms. The summed E-state index contributed by atoms with van der Waals surface area (Å²) in [6.45, 7) is 6.30. The summed E-state index contributed by atoms with van der Waals surface area (Å²) in [7, 11) is 0. The van der Waals surface area contributed by atoms with Crippen LogP contribution in [-0.4, -0.2) is 82.0 Å². The number of urea groups is 1. The van der Waals surface area contributed by atoms with E-state index in [-0.39, 0.29) is 36.9 Å². The zero-order chi connectivity index (χ0) is 25.9. The summed E-state index contributed by atoms with van der Waals surface area (Å²) < 4.78 is 5.47. The minimum absolute atomic E-state index is 0.100. The predicted octanol–water partition coefficient (Wildman–Crippen LogP) is 2.86. The second-order valence-corrected chi connectivity index (χ2v) is 10.6. The number of carbonyl (C=O) groups is 4. The van der Waals surface area contributed by atoms with E-state index in [9.17, 15) is 19.2 Å². The number of hydrogen-bond acceptors (Lipinski definition) is 6. The number of hydroxylamine groups is 2. The maximum atomic E-state index is 13.0. The van der Waals surface area contributed by atoms with E-state index in [4.69, 9.17) is 9.57 Å². The molecule has 1 aromatic rings. The lowest BCUT2D eigenvalue weighted by Gasteiger charge is -2.36. The third-order valence-corrected chi connectivity index (χ3v) is 6.78. The zero-order valence-corrected chi connectivity index (χ0v) is 21.3. The van der Waals surface area contributed by atoms with Crippen molar-refractivity contribution in [1.29, 1.82) is 0 Å². The number of hydrogen-bond donors (Lipinski definition) is 1. The molecular weight excluding hydrogens is 464 g/mol. The maximum absolute atomic E-state index is 13.0. The predicted molar refractivity (Wildman–Crippen MR) is 131 cm³/mol. The smallest absolute Gasteiger partial charge is 0.410 e. The number of ketones is 1. The van der Waals surface area contributed by atoms with Crippen molar-refractivity contribution in [2.45, 2.75) is 83.2 Å². The van der Waals surface area contributed by atoms with E-state index in [1.807, 2.05) is 30.3 Å². The number of piperidine rings is 2. The van der Waals surface area contributed by atoms with Crippen molar-refractivity contribution >= 4 is 23.8 Å². The number of nitrogens with zero attached hydrogens (tertiary/aromatic N) is 3. The highest BCUT2D eigenvalue weighted by Crippen LogP contribution is 2.30. The van der Waals surface area contributed by atoms with E-state index in [1.165, 1.54) is 14.9 Å². The monoisotopic (exact) mass is 500 g/mol. The summed E-state index contributed by atoms with van der Waals surface area (Å²) in [6, 6.07) is 7.88. The maximum Gasteiger partial charge on any atom is 0.410 e. The van der Waals surface area contributed by atoms with Crippen LogP contribution in [0.2, 0.25) is 0 Å². The first-order valence-electron chi connectivity index (χ1n) is 12.7. The van der Waals surface area contributed by atoms with Crippen LogP contribution >= 0.6 is 0 Å². The Kier molecular flexibility index (Phi) is 7.82. The van der Waals surface area contributed by atoms with Crippen LogP contribution < -0.4 is 5.32 Å². The number of benzene rings is 1. The van der Waals surface area contributed by atoms with Gasteiger partial charge in [0, 0.05) is 13.1 Å². The number of rotatable bonds is 7. The molecule has 2 bridgehead atoms. The highest BCUT2D eigenvalue weighted by Gasteiger charge is 2.48. The van der Waals surface area contributed by atoms with Crippen LogP contribution in [0.5, 0.6) is 0 Å². The van der Waals surface area contributed by atoms with Gasteiger partial charge in [-0.25, -0.2) is 9.59 Å². The zero-order valence-electron chi connectivity index (χ0n) is 21.3. The van der Waals surface area contributed by atoms with Gasteiger partial charge in [-0.3, -0.25) is 19.3 Å². The minimum Gasteiger partial charge on any atom is -0.444 e. The molecule has 1 N–H and O–H groups in total. The van der Waals surface area contributed by atoms with Crippen molar-refractivity contribution in [1.82, 2.24) is 20.2 Å². The molecule has 4 rings (SSSR count). The fraction of sp³-hybridized carbons (Fsp3) is 0.615. The number of ether oxygens (including phenoxy) is 1. The SMILES string of the molecule is CC(C)(C)OC(=O)N1CCCCC1C(=O)CNC(=O)[C@@H]1CCC2CN1C(=O)N2OCc1ccccc1. The highest BCUT2D eigenvalue weighted by atomic mass is 16.7. The molecule has 3 aliphatic heterocycles. The van der Waals surface area contributed by atoms with Gasteiger partial charge in [0.2, 0.25) is 5.91 Å². The average molecular weight is 501 g/mol. The van der Waals surface area contributed by atoms with Gasteiger partial charge in [-0.1, -0.05) is 30.3 Å². The lowest BCUT2D eigenvalue weighted by atomic mass is 9.98. The van der Waals surface area contributed by atoms with Gasteiger partial charge in [0.1, 0.15) is 18.2 Å². The van der Waals surface area contributed by atoms with Gasteiger partial charge in [0.15, 0.2) is 5.78 Å². The molecule has 196 valence electrons. The Morgan fingerprint density at radius 1 is 1.03 bits per heavy atom. The third-order valence-electron chi connectivity index (χ3n) is 6.78. The van der Waals surface area contributed by atoms with Crippen LogP contribution in [0, 0.1) is 0 Å². The molecule has 3 saturated heterocycles. The number of nitrogens with one attached hydrogen (secondary N) is 1. The first-order chi connectivity index (χ1) is 17.1. The second kappa shape index (κ2) is 10.9. The van der Waals surface area contributed by atoms with Crippen LogP contribution in [0.25, 0.3) is 0 Å². The van der Waals surface area contributed by atoms with E-state index in [0.29, 0.717) is 32.4 Å². The summed E-state index contributed by atoms with van der Waals surface area (Å²) in [6.07, 6.45) is 2.79. The quantitative estimate of drug-likeness (QED) is 0.617. The van der Waals surface area contributed by atoms with Crippen molar-refractivity contribution in [2.75, 3.05) is 19.6 Å². The molecule has 36 heavy (non-hydrogen) atoms. The summed E-state index contributed by atoms with van der Waals surface area (Å²) in [4.78, 5) is 60.3. The number of likely N-dealkylation sites (tertiary alicyclic amines) is 1. The van der Waals surface area contributed by atoms with Gasteiger partial charge in [-0.15, -0.1) is 0 Å². The Morgan fingerprint density at radius 2 is 1.78 bits per heavy atom. The fourth-order valence-electron chi connectivity index (χ4n) is 5.00. The van der Waals surface area contributed by atoms with E-state index in [0.717, 1.165) is 18.4 Å². The van der Waals surface area contributed by atoms with Gasteiger partial charge >= 0.3 is 12.1 Å². The summed E-state index contributed by atoms with van der Waals surface area (Å²) in [5, 5.41) is 4.09. The molecule has 10 nitrogen and oxygen atoms in total. The molecule has 3 heterocycles. The van der Waals surface area contributed by atoms with Gasteiger partial charge < -0.3 is 15.0 Å². The number of amides is 4. The topological polar surface area (TPSA) is 108 Å². The summed E-state index contributed by atoms with van der Waals surface area (Å²) >= 11 is 0. The Labute approximate surface area is 211 Å². The van der Waals surface area contributed by atoms with Crippen LogP contribution in [0.4, 0.5) is 9.59 Å². The molecular formula is C26H36N4O6. The Balaban J connectivity index is 1.30. The molecule has 0 saturated carbocycles. The van der Waals surface area contributed by atoms with Crippen LogP contribution in [-0.2, 0) is 25.8 Å². The lowest BCUT2D eigenvalue weighted by molar-refractivity contribution is -0.140. The van der Waals surface area contributed by atoms with E-state index in [1.54, 1.807) is 20.8 Å². The lowest BCUT2D eigenvalue weighted by Crippen LogP contribution is -2.54. The van der Waals surface area contributed by atoms with Crippen molar-refractivity contribution in [2.24, 2.45) is 0 Å². The Hall–Kier alpha value is -3.14. The van der Waals surface area contributed by atoms with Gasteiger partial charge in [-0.05, 0) is 58.4 Å². The van der Waals surface area contributed by atoms with Gasteiger partial charge in [0.05, 0.1) is 18.6 Å². The Morgan fingerprint density at radius 3 is 2.50 bits per heavy atom. The molecule has 0 spiro atoms. The van der Waals surface area contributed by atoms with E-state index in [2.05, 4.69) is 5.32 Å². The Bertz CT molecular complexity index is 978. The molecule has 3 aliphatic rings. The standard InChI is InChI=1S/C26H36N4O6/c1-26(2,3)36-25(34)28-14-8-7-11-20(28)22(31)15-27-23(32)21-13-12-19-16-29(21)24(33)30(19)35-17-18-9-5-4-6-10-18/h4-6,9-10,19-21H,7-8,11-17H2,1-3H3,(H,27,32)/t19?,20?,21-/m0/s1. The molecule has 4 amide bonds. The summed E-state index contributed by atoms with van der Waals surface area (Å²) in [5.74, 6) is -0.595. The van der Waals surface area contributed by atoms with E-state index < -0.39 is 23.8 Å².